The second-order valence-corrected chi connectivity index (χ2v) is 8.44. The molecule has 1 unspecified atom stereocenters. The van der Waals surface area contributed by atoms with Crippen LogP contribution in [-0.2, 0) is 19.6 Å². The lowest BCUT2D eigenvalue weighted by Crippen LogP contribution is -2.40. The molecule has 29 heavy (non-hydrogen) atoms. The van der Waals surface area contributed by atoms with E-state index >= 15 is 0 Å². The van der Waals surface area contributed by atoms with Crippen molar-refractivity contribution in [3.63, 3.8) is 0 Å². The van der Waals surface area contributed by atoms with Gasteiger partial charge in [-0.05, 0) is 63.2 Å². The van der Waals surface area contributed by atoms with Crippen molar-refractivity contribution in [2.24, 2.45) is 0 Å². The Balaban J connectivity index is 2.08. The van der Waals surface area contributed by atoms with E-state index < -0.39 is 16.1 Å². The minimum atomic E-state index is -3.83. The number of amides is 2. The second-order valence-electron chi connectivity index (χ2n) is 6.76. The topological polar surface area (TPSA) is 114 Å². The first-order chi connectivity index (χ1) is 13.6. The van der Waals surface area contributed by atoms with Gasteiger partial charge in [-0.2, -0.15) is 0 Å². The first-order valence-electron chi connectivity index (χ1n) is 9.04. The zero-order valence-electron chi connectivity index (χ0n) is 16.7. The molecular formula is C20H25N3O5S. The molecule has 0 aliphatic rings. The molecule has 0 heterocycles. The molecule has 2 amide bonds. The van der Waals surface area contributed by atoms with Crippen molar-refractivity contribution in [3.8, 4) is 5.75 Å². The summed E-state index contributed by atoms with van der Waals surface area (Å²) in [7, 11) is -3.83. The first kappa shape index (κ1) is 22.2. The van der Waals surface area contributed by atoms with E-state index in [1.165, 1.54) is 37.3 Å². The van der Waals surface area contributed by atoms with Crippen LogP contribution in [0.4, 0.5) is 11.4 Å². The molecule has 0 spiro atoms. The van der Waals surface area contributed by atoms with E-state index in [1.807, 2.05) is 13.8 Å². The Labute approximate surface area is 170 Å². The molecule has 3 N–H and O–H groups in total. The molecule has 0 saturated carbocycles. The molecule has 0 radical (unpaired) electrons. The average molecular weight is 420 g/mol. The Hall–Kier alpha value is -3.07. The van der Waals surface area contributed by atoms with E-state index in [9.17, 15) is 18.0 Å². The molecule has 0 aromatic heterocycles. The fraction of sp³-hybridized carbons (Fsp3) is 0.300. The van der Waals surface area contributed by atoms with Crippen molar-refractivity contribution in [2.75, 3.05) is 10.0 Å². The van der Waals surface area contributed by atoms with Crippen LogP contribution in [0.2, 0.25) is 0 Å². The van der Waals surface area contributed by atoms with Gasteiger partial charge in [0.25, 0.3) is 15.9 Å². The van der Waals surface area contributed by atoms with Gasteiger partial charge in [-0.3, -0.25) is 14.3 Å². The maximum absolute atomic E-state index is 12.6. The van der Waals surface area contributed by atoms with Gasteiger partial charge < -0.3 is 15.4 Å². The maximum Gasteiger partial charge on any atom is 0.261 e. The number of rotatable bonds is 8. The fourth-order valence-electron chi connectivity index (χ4n) is 2.43. The van der Waals surface area contributed by atoms with Crippen molar-refractivity contribution in [3.05, 3.63) is 48.5 Å². The van der Waals surface area contributed by atoms with Crippen LogP contribution in [0.15, 0.2) is 53.4 Å². The van der Waals surface area contributed by atoms with Gasteiger partial charge in [-0.15, -0.1) is 0 Å². The summed E-state index contributed by atoms with van der Waals surface area (Å²) < 4.78 is 33.2. The molecule has 1 atom stereocenters. The summed E-state index contributed by atoms with van der Waals surface area (Å²) in [6.07, 6.45) is -0.713. The Morgan fingerprint density at radius 3 is 2.17 bits per heavy atom. The van der Waals surface area contributed by atoms with E-state index in [0.29, 0.717) is 17.1 Å². The molecule has 0 bridgehead atoms. The third kappa shape index (κ3) is 6.79. The van der Waals surface area contributed by atoms with Crippen LogP contribution < -0.4 is 20.1 Å². The Bertz CT molecular complexity index is 972. The van der Waals surface area contributed by atoms with Crippen molar-refractivity contribution < 1.29 is 22.7 Å². The number of sulfonamides is 1. The smallest absolute Gasteiger partial charge is 0.261 e. The molecule has 8 nitrogen and oxygen atoms in total. The first-order valence-corrected chi connectivity index (χ1v) is 10.5. The largest absolute Gasteiger partial charge is 0.481 e. The zero-order chi connectivity index (χ0) is 21.6. The van der Waals surface area contributed by atoms with E-state index in [-0.39, 0.29) is 22.8 Å². The molecule has 2 rings (SSSR count). The summed E-state index contributed by atoms with van der Waals surface area (Å²) in [6.45, 7) is 6.69. The number of hydrogen-bond acceptors (Lipinski definition) is 5. The maximum atomic E-state index is 12.6. The van der Waals surface area contributed by atoms with Gasteiger partial charge in [-0.25, -0.2) is 8.42 Å². The Morgan fingerprint density at radius 1 is 0.966 bits per heavy atom. The molecule has 156 valence electrons. The highest BCUT2D eigenvalue weighted by molar-refractivity contribution is 7.92. The average Bonchev–Trinajstić information content (AvgIpc) is 2.61. The number of nitrogens with one attached hydrogen (secondary N) is 3. The zero-order valence-corrected chi connectivity index (χ0v) is 17.5. The minimum Gasteiger partial charge on any atom is -0.481 e. The standard InChI is InChI=1S/C20H25N3O5S/c1-13(2)21-20(25)14(3)28-18-8-10-19(11-9-18)29(26,27)23-17-7-5-6-16(12-17)22-15(4)24/h5-14,23H,1-4H3,(H,21,25)(H,22,24). The molecule has 0 saturated heterocycles. The number of ether oxygens (including phenoxy) is 1. The molecule has 9 heteroatoms. The quantitative estimate of drug-likeness (QED) is 0.609. The summed E-state index contributed by atoms with van der Waals surface area (Å²) in [5.74, 6) is -0.127. The van der Waals surface area contributed by atoms with Crippen LogP contribution in [0.3, 0.4) is 0 Å². The lowest BCUT2D eigenvalue weighted by molar-refractivity contribution is -0.127. The lowest BCUT2D eigenvalue weighted by atomic mass is 10.3. The summed E-state index contributed by atoms with van der Waals surface area (Å²) >= 11 is 0. The van der Waals surface area contributed by atoms with E-state index in [2.05, 4.69) is 15.4 Å². The monoisotopic (exact) mass is 419 g/mol. The highest BCUT2D eigenvalue weighted by Gasteiger charge is 2.17. The molecule has 0 aliphatic carbocycles. The highest BCUT2D eigenvalue weighted by Crippen LogP contribution is 2.22. The van der Waals surface area contributed by atoms with Crippen molar-refractivity contribution in [1.29, 1.82) is 0 Å². The van der Waals surface area contributed by atoms with Gasteiger partial charge in [0.2, 0.25) is 5.91 Å². The van der Waals surface area contributed by atoms with Crippen LogP contribution in [0.25, 0.3) is 0 Å². The van der Waals surface area contributed by atoms with Crippen LogP contribution >= 0.6 is 0 Å². The van der Waals surface area contributed by atoms with Crippen LogP contribution in [-0.4, -0.2) is 32.4 Å². The van der Waals surface area contributed by atoms with Gasteiger partial charge in [0.1, 0.15) is 5.75 Å². The summed E-state index contributed by atoms with van der Waals surface area (Å²) in [4.78, 5) is 23.1. The SMILES string of the molecule is CC(=O)Nc1cccc(NS(=O)(=O)c2ccc(OC(C)C(=O)NC(C)C)cc2)c1. The van der Waals surface area contributed by atoms with Crippen molar-refractivity contribution in [2.45, 2.75) is 44.7 Å². The third-order valence-electron chi connectivity index (χ3n) is 3.68. The minimum absolute atomic E-state index is 0.00343. The summed E-state index contributed by atoms with van der Waals surface area (Å²) in [5.41, 5.74) is 0.797. The van der Waals surface area contributed by atoms with Gasteiger partial charge in [0.15, 0.2) is 6.10 Å². The second kappa shape index (κ2) is 9.42. The highest BCUT2D eigenvalue weighted by atomic mass is 32.2. The predicted octanol–water partition coefficient (Wildman–Crippen LogP) is 2.74. The Morgan fingerprint density at radius 2 is 1.59 bits per heavy atom. The van der Waals surface area contributed by atoms with Gasteiger partial charge >= 0.3 is 0 Å². The number of hydrogen-bond donors (Lipinski definition) is 3. The number of anilines is 2. The van der Waals surface area contributed by atoms with Crippen LogP contribution in [0.5, 0.6) is 5.75 Å². The van der Waals surface area contributed by atoms with Gasteiger partial charge in [0, 0.05) is 18.7 Å². The fourth-order valence-corrected chi connectivity index (χ4v) is 3.48. The van der Waals surface area contributed by atoms with Gasteiger partial charge in [-0.1, -0.05) is 6.07 Å². The molecule has 0 aliphatic heterocycles. The number of carbonyl (C=O) groups excluding carboxylic acids is 2. The number of benzene rings is 2. The molecule has 2 aromatic rings. The summed E-state index contributed by atoms with van der Waals surface area (Å²) in [6, 6.07) is 12.1. The Kier molecular flexibility index (Phi) is 7.22. The van der Waals surface area contributed by atoms with E-state index in [4.69, 9.17) is 4.74 Å². The molecule has 0 fully saturated rings. The lowest BCUT2D eigenvalue weighted by Gasteiger charge is -2.16. The normalized spacial score (nSPS) is 12.2. The predicted molar refractivity (Wildman–Crippen MR) is 111 cm³/mol. The van der Waals surface area contributed by atoms with Crippen molar-refractivity contribution >= 4 is 33.2 Å². The van der Waals surface area contributed by atoms with Gasteiger partial charge in [0.05, 0.1) is 10.6 Å². The van der Waals surface area contributed by atoms with E-state index in [1.54, 1.807) is 25.1 Å². The van der Waals surface area contributed by atoms with Crippen LogP contribution in [0, 0.1) is 0 Å². The van der Waals surface area contributed by atoms with Crippen molar-refractivity contribution in [1.82, 2.24) is 5.32 Å². The number of carbonyl (C=O) groups is 2. The van der Waals surface area contributed by atoms with Crippen LogP contribution in [0.1, 0.15) is 27.7 Å². The van der Waals surface area contributed by atoms with E-state index in [0.717, 1.165) is 0 Å². The molecular weight excluding hydrogens is 394 g/mol. The summed E-state index contributed by atoms with van der Waals surface area (Å²) in [5, 5.41) is 5.34. The third-order valence-corrected chi connectivity index (χ3v) is 5.08. The molecule has 2 aromatic carbocycles.